The molecule has 0 spiro atoms. The van der Waals surface area contributed by atoms with Gasteiger partial charge in [-0.05, 0) is 47.5 Å². The second-order valence-corrected chi connectivity index (χ2v) is 6.25. The van der Waals surface area contributed by atoms with Crippen LogP contribution in [-0.4, -0.2) is 30.7 Å². The number of carboxylic acid groups (broad SMARTS) is 1. The fourth-order valence-electron chi connectivity index (χ4n) is 2.87. The van der Waals surface area contributed by atoms with Crippen molar-refractivity contribution in [3.05, 3.63) is 95.6 Å². The van der Waals surface area contributed by atoms with E-state index in [1.807, 2.05) is 54.6 Å². The van der Waals surface area contributed by atoms with Gasteiger partial charge in [0, 0.05) is 5.56 Å². The van der Waals surface area contributed by atoms with Gasteiger partial charge in [-0.1, -0.05) is 42.5 Å². The molecule has 3 aromatic rings. The minimum atomic E-state index is -1.10. The lowest BCUT2D eigenvalue weighted by molar-refractivity contribution is 0.112. The van der Waals surface area contributed by atoms with Crippen molar-refractivity contribution in [2.45, 2.75) is 6.04 Å². The van der Waals surface area contributed by atoms with Gasteiger partial charge in [-0.25, -0.2) is 4.79 Å². The highest BCUT2D eigenvalue weighted by atomic mass is 16.5. The molecule has 148 valence electrons. The maximum Gasteiger partial charge on any atom is 0.405 e. The summed E-state index contributed by atoms with van der Waals surface area (Å²) in [5.41, 5.74) is 2.21. The van der Waals surface area contributed by atoms with Crippen LogP contribution in [0.5, 0.6) is 11.5 Å². The summed E-state index contributed by atoms with van der Waals surface area (Å²) in [7, 11) is 0. The Labute approximate surface area is 168 Å². The third kappa shape index (κ3) is 5.84. The first kappa shape index (κ1) is 19.9. The predicted molar refractivity (Wildman–Crippen MR) is 109 cm³/mol. The molecular weight excluding hydrogens is 370 g/mol. The van der Waals surface area contributed by atoms with Gasteiger partial charge in [0.2, 0.25) is 0 Å². The molecule has 0 fully saturated rings. The van der Waals surface area contributed by atoms with Crippen molar-refractivity contribution in [2.24, 2.45) is 0 Å². The topological polar surface area (TPSA) is 84.9 Å². The summed E-state index contributed by atoms with van der Waals surface area (Å²) < 4.78 is 11.3. The summed E-state index contributed by atoms with van der Waals surface area (Å²) in [6.07, 6.45) is -0.318. The van der Waals surface area contributed by atoms with Gasteiger partial charge in [0.05, 0.1) is 6.04 Å². The van der Waals surface area contributed by atoms with E-state index in [0.29, 0.717) is 30.3 Å². The van der Waals surface area contributed by atoms with Crippen LogP contribution in [0.1, 0.15) is 27.5 Å². The lowest BCUT2D eigenvalue weighted by Crippen LogP contribution is -2.27. The van der Waals surface area contributed by atoms with Crippen LogP contribution in [0.15, 0.2) is 78.9 Å². The Hall–Kier alpha value is -3.80. The molecule has 3 aromatic carbocycles. The standard InChI is InChI=1S/C23H21NO5/c25-16-17-9-11-20(12-10-17)28-13-14-29-21-8-4-7-19(15-21)22(24-23(26)27)18-5-2-1-3-6-18/h1-12,15-16,22,24H,13-14H2,(H,26,27)/t22-/m0/s1. The molecule has 1 amide bonds. The van der Waals surface area contributed by atoms with Gasteiger partial charge in [-0.3, -0.25) is 4.79 Å². The van der Waals surface area contributed by atoms with Crippen LogP contribution < -0.4 is 14.8 Å². The summed E-state index contributed by atoms with van der Waals surface area (Å²) in [6, 6.07) is 23.0. The number of rotatable bonds is 9. The summed E-state index contributed by atoms with van der Waals surface area (Å²) >= 11 is 0. The van der Waals surface area contributed by atoms with Crippen molar-refractivity contribution in [2.75, 3.05) is 13.2 Å². The van der Waals surface area contributed by atoms with Gasteiger partial charge in [0.15, 0.2) is 0 Å². The first-order chi connectivity index (χ1) is 14.2. The first-order valence-electron chi connectivity index (χ1n) is 9.11. The molecule has 2 N–H and O–H groups in total. The van der Waals surface area contributed by atoms with Gasteiger partial charge < -0.3 is 19.9 Å². The van der Waals surface area contributed by atoms with Crippen LogP contribution in [0, 0.1) is 0 Å². The third-order valence-electron chi connectivity index (χ3n) is 4.23. The van der Waals surface area contributed by atoms with E-state index in [1.165, 1.54) is 0 Å². The summed E-state index contributed by atoms with van der Waals surface area (Å²) in [6.45, 7) is 0.654. The predicted octanol–water partition coefficient (Wildman–Crippen LogP) is 4.31. The number of ether oxygens (including phenoxy) is 2. The van der Waals surface area contributed by atoms with Crippen LogP contribution in [0.2, 0.25) is 0 Å². The lowest BCUT2D eigenvalue weighted by Gasteiger charge is -2.19. The molecule has 6 heteroatoms. The second-order valence-electron chi connectivity index (χ2n) is 6.25. The van der Waals surface area contributed by atoms with Crippen molar-refractivity contribution in [1.29, 1.82) is 0 Å². The van der Waals surface area contributed by atoms with Crippen molar-refractivity contribution < 1.29 is 24.2 Å². The molecule has 0 radical (unpaired) electrons. The van der Waals surface area contributed by atoms with E-state index in [4.69, 9.17) is 9.47 Å². The number of hydrogen-bond donors (Lipinski definition) is 2. The van der Waals surface area contributed by atoms with E-state index in [0.717, 1.165) is 17.4 Å². The fourth-order valence-corrected chi connectivity index (χ4v) is 2.87. The molecule has 0 aliphatic rings. The van der Waals surface area contributed by atoms with E-state index in [9.17, 15) is 14.7 Å². The van der Waals surface area contributed by atoms with Gasteiger partial charge >= 0.3 is 6.09 Å². The average molecular weight is 391 g/mol. The largest absolute Gasteiger partial charge is 0.490 e. The molecule has 0 aliphatic carbocycles. The Morgan fingerprint density at radius 1 is 0.862 bits per heavy atom. The second kappa shape index (κ2) is 9.94. The number of hydrogen-bond acceptors (Lipinski definition) is 4. The maximum absolute atomic E-state index is 11.2. The highest BCUT2D eigenvalue weighted by molar-refractivity contribution is 5.74. The zero-order chi connectivity index (χ0) is 20.5. The van der Waals surface area contributed by atoms with Crippen molar-refractivity contribution >= 4 is 12.4 Å². The van der Waals surface area contributed by atoms with Crippen LogP contribution in [0.25, 0.3) is 0 Å². The molecule has 0 heterocycles. The smallest absolute Gasteiger partial charge is 0.405 e. The molecule has 6 nitrogen and oxygen atoms in total. The van der Waals surface area contributed by atoms with Gasteiger partial charge in [-0.2, -0.15) is 0 Å². The van der Waals surface area contributed by atoms with Crippen LogP contribution >= 0.6 is 0 Å². The number of nitrogens with one attached hydrogen (secondary N) is 1. The fraction of sp³-hybridized carbons (Fsp3) is 0.130. The molecule has 3 rings (SSSR count). The molecular formula is C23H21NO5. The van der Waals surface area contributed by atoms with E-state index in [2.05, 4.69) is 5.32 Å². The monoisotopic (exact) mass is 391 g/mol. The van der Waals surface area contributed by atoms with Crippen LogP contribution in [0.4, 0.5) is 4.79 Å². The number of aldehydes is 1. The molecule has 0 saturated carbocycles. The Bertz CT molecular complexity index is 941. The Morgan fingerprint density at radius 2 is 1.52 bits per heavy atom. The molecule has 0 bridgehead atoms. The average Bonchev–Trinajstić information content (AvgIpc) is 2.76. The number of amides is 1. The zero-order valence-corrected chi connectivity index (χ0v) is 15.7. The SMILES string of the molecule is O=Cc1ccc(OCCOc2cccc([C@@H](NC(=O)O)c3ccccc3)c2)cc1. The normalized spacial score (nSPS) is 11.3. The van der Waals surface area contributed by atoms with Crippen LogP contribution in [0.3, 0.4) is 0 Å². The Morgan fingerprint density at radius 3 is 2.17 bits per heavy atom. The van der Waals surface area contributed by atoms with Gasteiger partial charge in [0.1, 0.15) is 31.0 Å². The number of carbonyl (C=O) groups excluding carboxylic acids is 1. The Balaban J connectivity index is 1.61. The van der Waals surface area contributed by atoms with Crippen LogP contribution in [-0.2, 0) is 0 Å². The summed E-state index contributed by atoms with van der Waals surface area (Å²) in [5.74, 6) is 1.28. The quantitative estimate of drug-likeness (QED) is 0.419. The number of carbonyl (C=O) groups is 2. The van der Waals surface area contributed by atoms with E-state index in [-0.39, 0.29) is 0 Å². The third-order valence-corrected chi connectivity index (χ3v) is 4.23. The van der Waals surface area contributed by atoms with Gasteiger partial charge in [-0.15, -0.1) is 0 Å². The lowest BCUT2D eigenvalue weighted by atomic mass is 9.99. The van der Waals surface area contributed by atoms with Gasteiger partial charge in [0.25, 0.3) is 0 Å². The van der Waals surface area contributed by atoms with Crippen molar-refractivity contribution in [3.8, 4) is 11.5 Å². The zero-order valence-electron chi connectivity index (χ0n) is 15.7. The molecule has 29 heavy (non-hydrogen) atoms. The summed E-state index contributed by atoms with van der Waals surface area (Å²) in [4.78, 5) is 21.9. The molecule has 0 unspecified atom stereocenters. The first-order valence-corrected chi connectivity index (χ1v) is 9.11. The highest BCUT2D eigenvalue weighted by Crippen LogP contribution is 2.25. The van der Waals surface area contributed by atoms with Crippen molar-refractivity contribution in [3.63, 3.8) is 0 Å². The van der Waals surface area contributed by atoms with E-state index < -0.39 is 12.1 Å². The minimum Gasteiger partial charge on any atom is -0.490 e. The summed E-state index contributed by atoms with van der Waals surface area (Å²) in [5, 5.41) is 11.8. The number of benzene rings is 3. The highest BCUT2D eigenvalue weighted by Gasteiger charge is 2.16. The van der Waals surface area contributed by atoms with Crippen molar-refractivity contribution in [1.82, 2.24) is 5.32 Å². The molecule has 0 saturated heterocycles. The maximum atomic E-state index is 11.2. The molecule has 0 aliphatic heterocycles. The Kier molecular flexibility index (Phi) is 6.84. The van der Waals surface area contributed by atoms with E-state index in [1.54, 1.807) is 24.3 Å². The minimum absolute atomic E-state index is 0.321. The molecule has 1 atom stereocenters. The van der Waals surface area contributed by atoms with E-state index >= 15 is 0 Å². The molecule has 0 aromatic heterocycles.